The number of aliphatic carboxylic acids is 1. The summed E-state index contributed by atoms with van der Waals surface area (Å²) in [5, 5.41) is 12.1. The molecule has 0 aromatic rings. The fourth-order valence-corrected chi connectivity index (χ4v) is 4.40. The van der Waals surface area contributed by atoms with Gasteiger partial charge in [0.25, 0.3) is 0 Å². The Morgan fingerprint density at radius 3 is 2.40 bits per heavy atom. The van der Waals surface area contributed by atoms with E-state index in [4.69, 9.17) is 5.11 Å². The van der Waals surface area contributed by atoms with Crippen molar-refractivity contribution in [2.24, 2.45) is 11.8 Å². The monoisotopic (exact) mass is 299 g/mol. The van der Waals surface area contributed by atoms with Crippen molar-refractivity contribution in [3.63, 3.8) is 0 Å². The lowest BCUT2D eigenvalue weighted by molar-refractivity contribution is -0.141. The molecule has 2 atom stereocenters. The Morgan fingerprint density at radius 2 is 1.85 bits per heavy atom. The van der Waals surface area contributed by atoms with Crippen LogP contribution in [0, 0.1) is 11.8 Å². The number of carbonyl (C=O) groups excluding carboxylic acids is 1. The molecule has 0 spiro atoms. The maximum atomic E-state index is 12.2. The van der Waals surface area contributed by atoms with Gasteiger partial charge in [-0.15, -0.1) is 0 Å². The van der Waals surface area contributed by atoms with Gasteiger partial charge >= 0.3 is 5.97 Å². The van der Waals surface area contributed by atoms with Crippen molar-refractivity contribution in [1.82, 2.24) is 5.32 Å². The van der Waals surface area contributed by atoms with Gasteiger partial charge in [0.1, 0.15) is 0 Å². The molecular weight excluding hydrogens is 274 g/mol. The first-order chi connectivity index (χ1) is 9.56. The maximum absolute atomic E-state index is 12.2. The number of hydrogen-bond donors (Lipinski definition) is 2. The molecule has 4 nitrogen and oxygen atoms in total. The van der Waals surface area contributed by atoms with Gasteiger partial charge in [0.2, 0.25) is 5.91 Å². The number of amides is 1. The largest absolute Gasteiger partial charge is 0.481 e. The van der Waals surface area contributed by atoms with Crippen molar-refractivity contribution in [2.45, 2.75) is 56.1 Å². The van der Waals surface area contributed by atoms with Gasteiger partial charge in [-0.2, -0.15) is 11.8 Å². The number of carbonyl (C=O) groups is 2. The summed E-state index contributed by atoms with van der Waals surface area (Å²) >= 11 is 1.87. The van der Waals surface area contributed by atoms with Gasteiger partial charge < -0.3 is 10.4 Å². The van der Waals surface area contributed by atoms with Crippen LogP contribution in [0.5, 0.6) is 0 Å². The highest BCUT2D eigenvalue weighted by atomic mass is 32.2. The summed E-state index contributed by atoms with van der Waals surface area (Å²) in [6.45, 7) is 0.737. The minimum atomic E-state index is -0.756. The van der Waals surface area contributed by atoms with Gasteiger partial charge in [-0.1, -0.05) is 19.3 Å². The average molecular weight is 299 g/mol. The maximum Gasteiger partial charge on any atom is 0.306 e. The SMILES string of the molecule is CSC1(CNC(=O)[C@@H]2CC[C@H](C(=O)O)C2)CCCCC1. The first kappa shape index (κ1) is 15.7. The van der Waals surface area contributed by atoms with E-state index in [1.165, 1.54) is 32.1 Å². The summed E-state index contributed by atoms with van der Waals surface area (Å²) in [4.78, 5) is 23.1. The highest BCUT2D eigenvalue weighted by Gasteiger charge is 2.36. The molecule has 0 aliphatic heterocycles. The molecule has 0 saturated heterocycles. The van der Waals surface area contributed by atoms with Gasteiger partial charge in [-0.05, 0) is 38.4 Å². The van der Waals surface area contributed by atoms with E-state index in [2.05, 4.69) is 11.6 Å². The van der Waals surface area contributed by atoms with E-state index in [-0.39, 0.29) is 22.5 Å². The van der Waals surface area contributed by atoms with E-state index < -0.39 is 5.97 Å². The van der Waals surface area contributed by atoms with Crippen molar-refractivity contribution in [1.29, 1.82) is 0 Å². The molecule has 2 saturated carbocycles. The second-order valence-electron chi connectivity index (χ2n) is 6.21. The predicted octanol–water partition coefficient (Wildman–Crippen LogP) is 2.67. The average Bonchev–Trinajstić information content (AvgIpc) is 2.96. The van der Waals surface area contributed by atoms with Gasteiger partial charge in [-0.3, -0.25) is 9.59 Å². The first-order valence-electron chi connectivity index (χ1n) is 7.62. The van der Waals surface area contributed by atoms with Crippen LogP contribution in [0.4, 0.5) is 0 Å². The summed E-state index contributed by atoms with van der Waals surface area (Å²) in [6.07, 6.45) is 10.2. The molecule has 1 amide bonds. The minimum Gasteiger partial charge on any atom is -0.481 e. The van der Waals surface area contributed by atoms with Gasteiger partial charge in [0.15, 0.2) is 0 Å². The van der Waals surface area contributed by atoms with Crippen molar-refractivity contribution in [2.75, 3.05) is 12.8 Å². The van der Waals surface area contributed by atoms with E-state index >= 15 is 0 Å². The smallest absolute Gasteiger partial charge is 0.306 e. The summed E-state index contributed by atoms with van der Waals surface area (Å²) in [5.74, 6) is -1.12. The minimum absolute atomic E-state index is 0.0627. The Hall–Kier alpha value is -0.710. The van der Waals surface area contributed by atoms with Crippen molar-refractivity contribution in [3.05, 3.63) is 0 Å². The fraction of sp³-hybridized carbons (Fsp3) is 0.867. The van der Waals surface area contributed by atoms with Gasteiger partial charge in [0, 0.05) is 17.2 Å². The summed E-state index contributed by atoms with van der Waals surface area (Å²) < 4.78 is 0.207. The summed E-state index contributed by atoms with van der Waals surface area (Å²) in [7, 11) is 0. The zero-order valence-corrected chi connectivity index (χ0v) is 13.0. The third-order valence-electron chi connectivity index (χ3n) is 4.94. The zero-order chi connectivity index (χ0) is 14.6. The fourth-order valence-electron chi connectivity index (χ4n) is 3.49. The topological polar surface area (TPSA) is 66.4 Å². The number of rotatable bonds is 5. The number of nitrogens with one attached hydrogen (secondary N) is 1. The van der Waals surface area contributed by atoms with Gasteiger partial charge in [0.05, 0.1) is 5.92 Å². The molecule has 20 heavy (non-hydrogen) atoms. The van der Waals surface area contributed by atoms with Crippen LogP contribution < -0.4 is 5.32 Å². The molecule has 2 fully saturated rings. The van der Waals surface area contributed by atoms with Crippen molar-refractivity contribution >= 4 is 23.6 Å². The zero-order valence-electron chi connectivity index (χ0n) is 12.2. The lowest BCUT2D eigenvalue weighted by Gasteiger charge is -2.36. The number of thioether (sulfide) groups is 1. The molecule has 114 valence electrons. The van der Waals surface area contributed by atoms with E-state index in [0.717, 1.165) is 13.0 Å². The summed E-state index contributed by atoms with van der Waals surface area (Å²) in [6, 6.07) is 0. The van der Waals surface area contributed by atoms with Gasteiger partial charge in [-0.25, -0.2) is 0 Å². The molecule has 0 radical (unpaired) electrons. The second-order valence-corrected chi connectivity index (χ2v) is 7.49. The Morgan fingerprint density at radius 1 is 1.20 bits per heavy atom. The number of hydrogen-bond acceptors (Lipinski definition) is 3. The van der Waals surface area contributed by atoms with Crippen LogP contribution in [0.2, 0.25) is 0 Å². The molecule has 0 heterocycles. The van der Waals surface area contributed by atoms with Crippen LogP contribution in [0.25, 0.3) is 0 Å². The normalized spacial score (nSPS) is 29.1. The van der Waals surface area contributed by atoms with Crippen LogP contribution in [-0.4, -0.2) is 34.5 Å². The quantitative estimate of drug-likeness (QED) is 0.819. The van der Waals surface area contributed by atoms with E-state index in [1.54, 1.807) is 0 Å². The van der Waals surface area contributed by atoms with Crippen molar-refractivity contribution < 1.29 is 14.7 Å². The van der Waals surface area contributed by atoms with Crippen LogP contribution in [-0.2, 0) is 9.59 Å². The molecule has 2 aliphatic carbocycles. The third kappa shape index (κ3) is 3.68. The predicted molar refractivity (Wildman–Crippen MR) is 80.8 cm³/mol. The highest BCUT2D eigenvalue weighted by molar-refractivity contribution is 8.00. The number of carboxylic acids is 1. The second kappa shape index (κ2) is 6.83. The van der Waals surface area contributed by atoms with E-state index in [0.29, 0.717) is 12.8 Å². The summed E-state index contributed by atoms with van der Waals surface area (Å²) in [5.41, 5.74) is 0. The molecule has 0 aromatic heterocycles. The standard InChI is InChI=1S/C15H25NO3S/c1-20-15(7-3-2-4-8-15)10-16-13(17)11-5-6-12(9-11)14(18)19/h11-12H,2-10H2,1H3,(H,16,17)(H,18,19)/t11-,12+/m1/s1. The van der Waals surface area contributed by atoms with Crippen LogP contribution in [0.3, 0.4) is 0 Å². The lowest BCUT2D eigenvalue weighted by atomic mass is 9.88. The van der Waals surface area contributed by atoms with Crippen LogP contribution in [0.15, 0.2) is 0 Å². The molecule has 0 aromatic carbocycles. The van der Waals surface area contributed by atoms with E-state index in [1.807, 2.05) is 11.8 Å². The molecular formula is C15H25NO3S. The molecule has 2 aliphatic rings. The highest BCUT2D eigenvalue weighted by Crippen LogP contribution is 2.38. The lowest BCUT2D eigenvalue weighted by Crippen LogP contribution is -2.43. The molecule has 2 rings (SSSR count). The molecule has 2 N–H and O–H groups in total. The van der Waals surface area contributed by atoms with Crippen LogP contribution >= 0.6 is 11.8 Å². The molecule has 5 heteroatoms. The van der Waals surface area contributed by atoms with Crippen LogP contribution in [0.1, 0.15) is 51.4 Å². The third-order valence-corrected chi connectivity index (χ3v) is 6.35. The number of carboxylic acid groups (broad SMARTS) is 1. The molecule has 0 bridgehead atoms. The first-order valence-corrected chi connectivity index (χ1v) is 8.84. The molecule has 0 unspecified atom stereocenters. The van der Waals surface area contributed by atoms with Crippen molar-refractivity contribution in [3.8, 4) is 0 Å². The Kier molecular flexibility index (Phi) is 5.35. The van der Waals surface area contributed by atoms with E-state index in [9.17, 15) is 9.59 Å². The Labute approximate surface area is 125 Å². The Balaban J connectivity index is 1.81. The Bertz CT molecular complexity index is 366.